The number of nitro groups is 1. The van der Waals surface area contributed by atoms with Crippen LogP contribution >= 0.6 is 0 Å². The summed E-state index contributed by atoms with van der Waals surface area (Å²) < 4.78 is 31.9. The molecule has 0 heterocycles. The van der Waals surface area contributed by atoms with Crippen molar-refractivity contribution in [3.63, 3.8) is 0 Å². The van der Waals surface area contributed by atoms with Crippen molar-refractivity contribution in [3.05, 3.63) is 58.1 Å². The van der Waals surface area contributed by atoms with Crippen LogP contribution in [-0.4, -0.2) is 43.8 Å². The number of hydrogen-bond acceptors (Lipinski definition) is 6. The second-order valence-electron chi connectivity index (χ2n) is 5.71. The second-order valence-corrected chi connectivity index (χ2v) is 7.65. The van der Waals surface area contributed by atoms with Gasteiger partial charge in [0.05, 0.1) is 22.6 Å². The minimum Gasteiger partial charge on any atom is -0.495 e. The number of hydrogen-bond donors (Lipinski definition) is 1. The molecule has 0 saturated carbocycles. The zero-order valence-electron chi connectivity index (χ0n) is 15.7. The fraction of sp³-hybridized carbons (Fsp3) is 0.278. The summed E-state index contributed by atoms with van der Waals surface area (Å²) in [4.78, 5) is 22.8. The molecule has 2 rings (SSSR count). The van der Waals surface area contributed by atoms with Crippen molar-refractivity contribution in [2.75, 3.05) is 25.5 Å². The van der Waals surface area contributed by atoms with Gasteiger partial charge in [-0.25, -0.2) is 8.42 Å². The number of nitrogens with one attached hydrogen (secondary N) is 1. The molecule has 0 spiro atoms. The molecule has 0 atom stereocenters. The minimum atomic E-state index is -3.73. The molecule has 10 heteroatoms. The molecule has 0 unspecified atom stereocenters. The summed E-state index contributed by atoms with van der Waals surface area (Å²) in [6.07, 6.45) is 0. The van der Waals surface area contributed by atoms with E-state index in [0.29, 0.717) is 13.1 Å². The molecule has 2 aromatic carbocycles. The highest BCUT2D eigenvalue weighted by atomic mass is 32.2. The lowest BCUT2D eigenvalue weighted by Crippen LogP contribution is -2.30. The maximum atomic E-state index is 12.7. The largest absolute Gasteiger partial charge is 0.495 e. The van der Waals surface area contributed by atoms with Gasteiger partial charge in [0.15, 0.2) is 0 Å². The van der Waals surface area contributed by atoms with E-state index in [1.165, 1.54) is 47.8 Å². The Bertz CT molecular complexity index is 987. The van der Waals surface area contributed by atoms with Crippen molar-refractivity contribution >= 4 is 27.3 Å². The summed E-state index contributed by atoms with van der Waals surface area (Å²) >= 11 is 0. The lowest BCUT2D eigenvalue weighted by atomic mass is 10.2. The molecule has 0 bridgehead atoms. The van der Waals surface area contributed by atoms with Crippen molar-refractivity contribution in [2.45, 2.75) is 18.7 Å². The molecule has 2 aromatic rings. The van der Waals surface area contributed by atoms with Crippen LogP contribution < -0.4 is 10.1 Å². The quantitative estimate of drug-likeness (QED) is 0.531. The third kappa shape index (κ3) is 4.46. The molecular weight excluding hydrogens is 386 g/mol. The number of non-ortho nitro benzene ring substituents is 1. The summed E-state index contributed by atoms with van der Waals surface area (Å²) in [7, 11) is -2.34. The summed E-state index contributed by atoms with van der Waals surface area (Å²) in [6.45, 7) is 4.08. The fourth-order valence-electron chi connectivity index (χ4n) is 2.61. The van der Waals surface area contributed by atoms with Crippen LogP contribution in [0, 0.1) is 10.1 Å². The zero-order valence-corrected chi connectivity index (χ0v) is 16.5. The van der Waals surface area contributed by atoms with Gasteiger partial charge in [-0.1, -0.05) is 19.9 Å². The Labute approximate surface area is 163 Å². The highest BCUT2D eigenvalue weighted by Gasteiger charge is 2.23. The lowest BCUT2D eigenvalue weighted by molar-refractivity contribution is -0.384. The van der Waals surface area contributed by atoms with Gasteiger partial charge in [-0.2, -0.15) is 4.31 Å². The van der Waals surface area contributed by atoms with Crippen LogP contribution in [-0.2, 0) is 10.0 Å². The van der Waals surface area contributed by atoms with Gasteiger partial charge >= 0.3 is 0 Å². The van der Waals surface area contributed by atoms with E-state index < -0.39 is 20.9 Å². The Hall–Kier alpha value is -2.98. The van der Waals surface area contributed by atoms with Crippen LogP contribution in [0.1, 0.15) is 24.2 Å². The van der Waals surface area contributed by atoms with Gasteiger partial charge in [-0.05, 0) is 24.3 Å². The maximum Gasteiger partial charge on any atom is 0.270 e. The van der Waals surface area contributed by atoms with Crippen molar-refractivity contribution in [1.82, 2.24) is 4.31 Å². The molecule has 0 saturated heterocycles. The number of carbonyl (C=O) groups is 1. The Morgan fingerprint density at radius 2 is 1.86 bits per heavy atom. The number of rotatable bonds is 8. The van der Waals surface area contributed by atoms with E-state index in [2.05, 4.69) is 5.32 Å². The SMILES string of the molecule is CCN(CC)S(=O)(=O)c1ccc(OC)c(NC(=O)c2cccc([N+](=O)[O-])c2)c1. The topological polar surface area (TPSA) is 119 Å². The zero-order chi connectivity index (χ0) is 20.9. The van der Waals surface area contributed by atoms with E-state index in [-0.39, 0.29) is 27.6 Å². The number of anilines is 1. The first-order valence-electron chi connectivity index (χ1n) is 8.48. The molecule has 0 aliphatic heterocycles. The van der Waals surface area contributed by atoms with E-state index in [0.717, 1.165) is 6.07 Å². The molecule has 1 amide bonds. The number of methoxy groups -OCH3 is 1. The molecule has 9 nitrogen and oxygen atoms in total. The number of ether oxygens (including phenoxy) is 1. The number of carbonyl (C=O) groups excluding carboxylic acids is 1. The Balaban J connectivity index is 2.41. The van der Waals surface area contributed by atoms with E-state index in [9.17, 15) is 23.3 Å². The Morgan fingerprint density at radius 3 is 2.43 bits per heavy atom. The molecule has 0 radical (unpaired) electrons. The van der Waals surface area contributed by atoms with Crippen molar-refractivity contribution in [2.24, 2.45) is 0 Å². The van der Waals surface area contributed by atoms with Crippen LogP contribution in [0.15, 0.2) is 47.4 Å². The second kappa shape index (κ2) is 8.81. The van der Waals surface area contributed by atoms with Crippen molar-refractivity contribution in [1.29, 1.82) is 0 Å². The highest BCUT2D eigenvalue weighted by Crippen LogP contribution is 2.29. The van der Waals surface area contributed by atoms with Gasteiger partial charge in [0.1, 0.15) is 5.75 Å². The first kappa shape index (κ1) is 21.3. The first-order valence-corrected chi connectivity index (χ1v) is 9.92. The molecule has 150 valence electrons. The molecule has 0 aromatic heterocycles. The van der Waals surface area contributed by atoms with Gasteiger partial charge < -0.3 is 10.1 Å². The predicted molar refractivity (Wildman–Crippen MR) is 104 cm³/mol. The predicted octanol–water partition coefficient (Wildman–Crippen LogP) is 2.89. The highest BCUT2D eigenvalue weighted by molar-refractivity contribution is 7.89. The lowest BCUT2D eigenvalue weighted by Gasteiger charge is -2.19. The van der Waals surface area contributed by atoms with Gasteiger partial charge in [0.2, 0.25) is 10.0 Å². The minimum absolute atomic E-state index is 0.00587. The molecule has 0 aliphatic carbocycles. The molecular formula is C18H21N3O6S. The van der Waals surface area contributed by atoms with E-state index in [1.54, 1.807) is 13.8 Å². The molecule has 28 heavy (non-hydrogen) atoms. The molecule has 0 aliphatic rings. The van der Waals surface area contributed by atoms with Crippen LogP contribution in [0.2, 0.25) is 0 Å². The Morgan fingerprint density at radius 1 is 1.18 bits per heavy atom. The number of sulfonamides is 1. The third-order valence-electron chi connectivity index (χ3n) is 4.08. The summed E-state index contributed by atoms with van der Waals surface area (Å²) in [5.41, 5.74) is -0.0158. The average Bonchev–Trinajstić information content (AvgIpc) is 2.68. The normalized spacial score (nSPS) is 11.3. The first-order chi connectivity index (χ1) is 13.2. The third-order valence-corrected chi connectivity index (χ3v) is 6.13. The average molecular weight is 407 g/mol. The van der Waals surface area contributed by atoms with Gasteiger partial charge in [0.25, 0.3) is 11.6 Å². The standard InChI is InChI=1S/C18H21N3O6S/c1-4-20(5-2)28(25,26)15-9-10-17(27-3)16(12-15)19-18(22)13-7-6-8-14(11-13)21(23)24/h6-12H,4-5H2,1-3H3,(H,19,22). The van der Waals surface area contributed by atoms with E-state index in [1.807, 2.05) is 0 Å². The van der Waals surface area contributed by atoms with Crippen molar-refractivity contribution in [3.8, 4) is 5.75 Å². The smallest absolute Gasteiger partial charge is 0.270 e. The summed E-state index contributed by atoms with van der Waals surface area (Å²) in [5, 5.41) is 13.5. The fourth-order valence-corrected chi connectivity index (χ4v) is 4.10. The van der Waals surface area contributed by atoms with Crippen LogP contribution in [0.5, 0.6) is 5.75 Å². The van der Waals surface area contributed by atoms with Gasteiger partial charge in [0, 0.05) is 30.8 Å². The number of nitro benzene ring substituents is 1. The van der Waals surface area contributed by atoms with Gasteiger partial charge in [-0.3, -0.25) is 14.9 Å². The maximum absolute atomic E-state index is 12.7. The summed E-state index contributed by atoms with van der Waals surface area (Å²) in [6, 6.07) is 9.38. The summed E-state index contributed by atoms with van der Waals surface area (Å²) in [5.74, 6) is -0.364. The number of amides is 1. The molecule has 1 N–H and O–H groups in total. The van der Waals surface area contributed by atoms with Crippen LogP contribution in [0.25, 0.3) is 0 Å². The van der Waals surface area contributed by atoms with Crippen LogP contribution in [0.4, 0.5) is 11.4 Å². The number of nitrogens with zero attached hydrogens (tertiary/aromatic N) is 2. The monoisotopic (exact) mass is 407 g/mol. The van der Waals surface area contributed by atoms with Crippen LogP contribution in [0.3, 0.4) is 0 Å². The molecule has 0 fully saturated rings. The number of benzene rings is 2. The van der Waals surface area contributed by atoms with Crippen molar-refractivity contribution < 1.29 is 22.9 Å². The van der Waals surface area contributed by atoms with E-state index in [4.69, 9.17) is 4.74 Å². The van der Waals surface area contributed by atoms with E-state index >= 15 is 0 Å². The Kier molecular flexibility index (Phi) is 6.71. The van der Waals surface area contributed by atoms with Gasteiger partial charge in [-0.15, -0.1) is 0 Å².